The van der Waals surface area contributed by atoms with Crippen molar-refractivity contribution in [2.24, 2.45) is 0 Å². The maximum atomic E-state index is 13.7. The predicted octanol–water partition coefficient (Wildman–Crippen LogP) is 5.07. The van der Waals surface area contributed by atoms with Crippen LogP contribution < -0.4 is 10.3 Å². The van der Waals surface area contributed by atoms with E-state index in [4.69, 9.17) is 9.47 Å². The number of halogens is 6. The monoisotopic (exact) mass is 550 g/mol. The summed E-state index contributed by atoms with van der Waals surface area (Å²) in [5, 5.41) is 9.86. The molecule has 1 saturated heterocycles. The average Bonchev–Trinajstić information content (AvgIpc) is 3.71. The molecule has 4 aromatic rings. The number of hydrogen-bond acceptors (Lipinski definition) is 5. The Labute approximate surface area is 217 Å². The molecule has 1 aromatic heterocycles. The molecule has 1 aliphatic rings. The molecule has 0 radical (unpaired) electrons. The third kappa shape index (κ3) is 5.09. The van der Waals surface area contributed by atoms with Crippen LogP contribution in [-0.4, -0.2) is 46.3 Å². The van der Waals surface area contributed by atoms with Crippen LogP contribution in [0.2, 0.25) is 0 Å². The molecule has 2 heterocycles. The van der Waals surface area contributed by atoms with E-state index in [-0.39, 0.29) is 36.0 Å². The first-order valence-corrected chi connectivity index (χ1v) is 11.7. The van der Waals surface area contributed by atoms with E-state index >= 15 is 0 Å². The van der Waals surface area contributed by atoms with E-state index in [1.54, 1.807) is 42.5 Å². The standard InChI is InChI=1S/C27H20F6N2O4/c28-26(29,30)25(37,27(31,32)33)17-6-8-18(9-7-17)35-23(12-16-4-2-1-3-5-16)34-22-11-10-19(13-21(22)24(35)36)38-14-20-15-39-20/h1-11,13,20,37H,12,14-15H2. The van der Waals surface area contributed by atoms with Crippen LogP contribution in [0.3, 0.4) is 0 Å². The Morgan fingerprint density at radius 1 is 0.949 bits per heavy atom. The smallest absolute Gasteiger partial charge is 0.430 e. The molecule has 12 heteroatoms. The Morgan fingerprint density at radius 2 is 1.59 bits per heavy atom. The molecule has 0 bridgehead atoms. The Balaban J connectivity index is 1.63. The quantitative estimate of drug-likeness (QED) is 0.257. The molecule has 0 spiro atoms. The molecule has 5 rings (SSSR count). The number of fused-ring (bicyclic) bond motifs is 1. The summed E-state index contributed by atoms with van der Waals surface area (Å²) < 4.78 is 92.0. The van der Waals surface area contributed by atoms with Crippen molar-refractivity contribution < 1.29 is 40.9 Å². The van der Waals surface area contributed by atoms with Crippen molar-refractivity contribution in [1.29, 1.82) is 0 Å². The number of nitrogens with zero attached hydrogens (tertiary/aromatic N) is 2. The lowest BCUT2D eigenvalue weighted by Gasteiger charge is -2.32. The van der Waals surface area contributed by atoms with Crippen LogP contribution in [0.5, 0.6) is 5.75 Å². The highest BCUT2D eigenvalue weighted by atomic mass is 19.4. The molecule has 0 amide bonds. The molecule has 0 aliphatic carbocycles. The number of benzene rings is 3. The first-order valence-electron chi connectivity index (χ1n) is 11.7. The minimum Gasteiger partial charge on any atom is -0.491 e. The lowest BCUT2D eigenvalue weighted by Crippen LogP contribution is -2.53. The molecule has 1 unspecified atom stereocenters. The summed E-state index contributed by atoms with van der Waals surface area (Å²) in [6.07, 6.45) is -12.0. The Bertz CT molecular complexity index is 1530. The average molecular weight is 550 g/mol. The highest BCUT2D eigenvalue weighted by molar-refractivity contribution is 5.79. The van der Waals surface area contributed by atoms with Crippen molar-refractivity contribution >= 4 is 10.9 Å². The summed E-state index contributed by atoms with van der Waals surface area (Å²) in [6, 6.07) is 16.4. The SMILES string of the molecule is O=c1c2cc(OCC3CO3)ccc2nc(Cc2ccccc2)n1-c1ccc(C(O)(C(F)(F)F)C(F)(F)F)cc1. The van der Waals surface area contributed by atoms with Crippen molar-refractivity contribution in [3.63, 3.8) is 0 Å². The van der Waals surface area contributed by atoms with Gasteiger partial charge in [0.1, 0.15) is 24.3 Å². The van der Waals surface area contributed by atoms with Gasteiger partial charge in [0, 0.05) is 12.0 Å². The van der Waals surface area contributed by atoms with Crippen molar-refractivity contribution in [1.82, 2.24) is 9.55 Å². The molecule has 1 fully saturated rings. The number of aromatic nitrogens is 2. The lowest BCUT2D eigenvalue weighted by molar-refractivity contribution is -0.376. The Hall–Kier alpha value is -3.90. The first kappa shape index (κ1) is 26.7. The van der Waals surface area contributed by atoms with Gasteiger partial charge >= 0.3 is 12.4 Å². The molecule has 6 nitrogen and oxygen atoms in total. The van der Waals surface area contributed by atoms with E-state index in [2.05, 4.69) is 4.98 Å². The molecular formula is C27H20F6N2O4. The summed E-state index contributed by atoms with van der Waals surface area (Å²) in [6.45, 7) is 0.848. The van der Waals surface area contributed by atoms with Crippen molar-refractivity contribution in [2.45, 2.75) is 30.5 Å². The number of ether oxygens (including phenoxy) is 2. The fraction of sp³-hybridized carbons (Fsp3) is 0.259. The van der Waals surface area contributed by atoms with Gasteiger partial charge in [0.25, 0.3) is 11.2 Å². The Morgan fingerprint density at radius 3 is 2.18 bits per heavy atom. The summed E-state index contributed by atoms with van der Waals surface area (Å²) in [5.74, 6) is 0.573. The van der Waals surface area contributed by atoms with E-state index < -0.39 is 29.1 Å². The number of aliphatic hydroxyl groups is 1. The van der Waals surface area contributed by atoms with Gasteiger partial charge in [-0.3, -0.25) is 9.36 Å². The second-order valence-electron chi connectivity index (χ2n) is 9.03. The summed E-state index contributed by atoms with van der Waals surface area (Å²) in [7, 11) is 0. The lowest BCUT2D eigenvalue weighted by atomic mass is 9.92. The van der Waals surface area contributed by atoms with E-state index in [9.17, 15) is 36.2 Å². The van der Waals surface area contributed by atoms with Crippen molar-refractivity contribution in [3.05, 3.63) is 100 Å². The number of hydrogen-bond donors (Lipinski definition) is 1. The second-order valence-corrected chi connectivity index (χ2v) is 9.03. The zero-order valence-corrected chi connectivity index (χ0v) is 20.0. The first-order chi connectivity index (χ1) is 18.4. The zero-order chi connectivity index (χ0) is 28.0. The minimum absolute atomic E-state index is 0.0331. The number of rotatable bonds is 7. The van der Waals surface area contributed by atoms with Gasteiger partial charge in [0.2, 0.25) is 0 Å². The number of alkyl halides is 6. The van der Waals surface area contributed by atoms with Gasteiger partial charge in [-0.25, -0.2) is 4.98 Å². The van der Waals surface area contributed by atoms with Crippen molar-refractivity contribution in [2.75, 3.05) is 13.2 Å². The highest BCUT2D eigenvalue weighted by Crippen LogP contribution is 2.50. The van der Waals surface area contributed by atoms with Gasteiger partial charge in [0.05, 0.1) is 23.2 Å². The fourth-order valence-corrected chi connectivity index (χ4v) is 4.16. The largest absolute Gasteiger partial charge is 0.491 e. The topological polar surface area (TPSA) is 76.9 Å². The van der Waals surface area contributed by atoms with Gasteiger partial charge < -0.3 is 14.6 Å². The summed E-state index contributed by atoms with van der Waals surface area (Å²) >= 11 is 0. The molecule has 1 N–H and O–H groups in total. The molecule has 39 heavy (non-hydrogen) atoms. The normalized spacial score (nSPS) is 15.9. The van der Waals surface area contributed by atoms with E-state index in [0.29, 0.717) is 30.0 Å². The van der Waals surface area contributed by atoms with Crippen LogP contribution in [0.4, 0.5) is 26.3 Å². The molecule has 204 valence electrons. The third-order valence-electron chi connectivity index (χ3n) is 6.32. The second kappa shape index (κ2) is 9.69. The van der Waals surface area contributed by atoms with E-state index in [1.165, 1.54) is 6.07 Å². The van der Waals surface area contributed by atoms with Crippen LogP contribution in [-0.2, 0) is 16.8 Å². The summed E-state index contributed by atoms with van der Waals surface area (Å²) in [4.78, 5) is 18.3. The fourth-order valence-electron chi connectivity index (χ4n) is 4.16. The van der Waals surface area contributed by atoms with Crippen LogP contribution in [0.25, 0.3) is 16.6 Å². The van der Waals surface area contributed by atoms with Gasteiger partial charge in [-0.1, -0.05) is 42.5 Å². The molecule has 1 aliphatic heterocycles. The van der Waals surface area contributed by atoms with E-state index in [0.717, 1.165) is 22.3 Å². The molecule has 1 atom stereocenters. The van der Waals surface area contributed by atoms with Crippen LogP contribution in [0.15, 0.2) is 77.6 Å². The maximum absolute atomic E-state index is 13.7. The number of epoxide rings is 1. The van der Waals surface area contributed by atoms with Crippen LogP contribution in [0, 0.1) is 0 Å². The molecule has 0 saturated carbocycles. The van der Waals surface area contributed by atoms with Gasteiger partial charge in [-0.2, -0.15) is 26.3 Å². The Kier molecular flexibility index (Phi) is 6.63. The summed E-state index contributed by atoms with van der Waals surface area (Å²) in [5.41, 5.74) is -6.06. The zero-order valence-electron chi connectivity index (χ0n) is 20.0. The van der Waals surface area contributed by atoms with Crippen LogP contribution >= 0.6 is 0 Å². The van der Waals surface area contributed by atoms with Crippen molar-refractivity contribution in [3.8, 4) is 11.4 Å². The minimum atomic E-state index is -6.03. The third-order valence-corrected chi connectivity index (χ3v) is 6.32. The van der Waals surface area contributed by atoms with Gasteiger partial charge in [0.15, 0.2) is 0 Å². The highest BCUT2D eigenvalue weighted by Gasteiger charge is 2.71. The predicted molar refractivity (Wildman–Crippen MR) is 128 cm³/mol. The molecule has 3 aromatic carbocycles. The molecular weight excluding hydrogens is 530 g/mol. The van der Waals surface area contributed by atoms with Crippen LogP contribution in [0.1, 0.15) is 17.0 Å². The van der Waals surface area contributed by atoms with E-state index in [1.807, 2.05) is 0 Å². The van der Waals surface area contributed by atoms with Gasteiger partial charge in [-0.15, -0.1) is 0 Å². The van der Waals surface area contributed by atoms with Gasteiger partial charge in [-0.05, 0) is 35.9 Å². The maximum Gasteiger partial charge on any atom is 0.430 e.